The third-order valence-electron chi connectivity index (χ3n) is 4.35. The van der Waals surface area contributed by atoms with Crippen LogP contribution in [0.4, 0.5) is 10.5 Å². The Balaban J connectivity index is 2.40. The van der Waals surface area contributed by atoms with Crippen LogP contribution in [0.25, 0.3) is 0 Å². The summed E-state index contributed by atoms with van der Waals surface area (Å²) in [6.07, 6.45) is 7.29. The number of carbonyl (C=O) groups excluding carboxylic acids is 1. The second-order valence-corrected chi connectivity index (χ2v) is 6.75. The number of anilines is 1. The fraction of sp³-hybridized carbons (Fsp3) is 0.650. The molecule has 0 radical (unpaired) electrons. The lowest BCUT2D eigenvalue weighted by Crippen LogP contribution is -2.32. The van der Waals surface area contributed by atoms with Crippen LogP contribution in [-0.4, -0.2) is 12.6 Å². The van der Waals surface area contributed by atoms with Crippen molar-refractivity contribution in [1.29, 1.82) is 0 Å². The molecule has 23 heavy (non-hydrogen) atoms. The smallest absolute Gasteiger partial charge is 0.319 e. The highest BCUT2D eigenvalue weighted by Gasteiger charge is 2.08. The lowest BCUT2D eigenvalue weighted by molar-refractivity contribution is 0.250. The Bertz CT molecular complexity index is 459. The monoisotopic (exact) mass is 318 g/mol. The molecule has 0 bridgehead atoms. The third-order valence-corrected chi connectivity index (χ3v) is 4.35. The van der Waals surface area contributed by atoms with E-state index < -0.39 is 0 Å². The molecule has 2 unspecified atom stereocenters. The second-order valence-electron chi connectivity index (χ2n) is 6.75. The highest BCUT2D eigenvalue weighted by atomic mass is 16.2. The summed E-state index contributed by atoms with van der Waals surface area (Å²) in [6, 6.07) is 8.09. The van der Waals surface area contributed by atoms with Gasteiger partial charge in [-0.25, -0.2) is 4.79 Å². The zero-order valence-electron chi connectivity index (χ0n) is 15.3. The molecule has 2 amide bonds. The number of nitrogens with one attached hydrogen (secondary N) is 2. The van der Waals surface area contributed by atoms with Crippen LogP contribution in [0.1, 0.15) is 77.7 Å². The van der Waals surface area contributed by atoms with Crippen molar-refractivity contribution in [2.75, 3.05) is 11.9 Å². The molecule has 2 N–H and O–H groups in total. The molecular weight excluding hydrogens is 284 g/mol. The Kier molecular flexibility index (Phi) is 9.42. The van der Waals surface area contributed by atoms with Gasteiger partial charge < -0.3 is 10.6 Å². The lowest BCUT2D eigenvalue weighted by Gasteiger charge is -2.15. The molecule has 0 heterocycles. The summed E-state index contributed by atoms with van der Waals surface area (Å²) in [5.41, 5.74) is 2.17. The van der Waals surface area contributed by atoms with Crippen LogP contribution in [0.15, 0.2) is 24.3 Å². The van der Waals surface area contributed by atoms with Gasteiger partial charge >= 0.3 is 6.03 Å². The van der Waals surface area contributed by atoms with E-state index in [0.717, 1.165) is 12.2 Å². The van der Waals surface area contributed by atoms with Crippen LogP contribution in [0, 0.1) is 5.92 Å². The predicted octanol–water partition coefficient (Wildman–Crippen LogP) is 5.93. The topological polar surface area (TPSA) is 41.1 Å². The highest BCUT2D eigenvalue weighted by molar-refractivity contribution is 5.89. The molecule has 0 aliphatic rings. The van der Waals surface area contributed by atoms with Crippen molar-refractivity contribution in [2.45, 2.75) is 72.1 Å². The highest BCUT2D eigenvalue weighted by Crippen LogP contribution is 2.23. The predicted molar refractivity (Wildman–Crippen MR) is 100 cm³/mol. The van der Waals surface area contributed by atoms with Gasteiger partial charge in [0.05, 0.1) is 0 Å². The number of unbranched alkanes of at least 4 members (excludes halogenated alkanes) is 2. The molecule has 1 aromatic carbocycles. The van der Waals surface area contributed by atoms with Gasteiger partial charge in [0.2, 0.25) is 0 Å². The first-order valence-corrected chi connectivity index (χ1v) is 9.21. The van der Waals surface area contributed by atoms with Crippen LogP contribution >= 0.6 is 0 Å². The molecule has 3 nitrogen and oxygen atoms in total. The summed E-state index contributed by atoms with van der Waals surface area (Å²) in [4.78, 5) is 12.0. The summed E-state index contributed by atoms with van der Waals surface area (Å²) in [7, 11) is 0. The van der Waals surface area contributed by atoms with Gasteiger partial charge in [-0.1, -0.05) is 65.5 Å². The zero-order chi connectivity index (χ0) is 17.1. The van der Waals surface area contributed by atoms with E-state index in [-0.39, 0.29) is 6.03 Å². The van der Waals surface area contributed by atoms with Crippen molar-refractivity contribution in [3.63, 3.8) is 0 Å². The Morgan fingerprint density at radius 1 is 1.09 bits per heavy atom. The van der Waals surface area contributed by atoms with Crippen LogP contribution in [0.5, 0.6) is 0 Å². The van der Waals surface area contributed by atoms with Gasteiger partial charge in [0.15, 0.2) is 0 Å². The van der Waals surface area contributed by atoms with E-state index in [1.807, 2.05) is 12.1 Å². The zero-order valence-corrected chi connectivity index (χ0v) is 15.3. The number of carbonyl (C=O) groups is 1. The number of amides is 2. The summed E-state index contributed by atoms with van der Waals surface area (Å²) in [5.74, 6) is 1.06. The van der Waals surface area contributed by atoms with Crippen LogP contribution in [0.3, 0.4) is 0 Å². The quantitative estimate of drug-likeness (QED) is 0.516. The molecule has 0 saturated heterocycles. The fourth-order valence-electron chi connectivity index (χ4n) is 2.81. The lowest BCUT2D eigenvalue weighted by atomic mass is 9.96. The molecule has 1 rings (SSSR count). The minimum atomic E-state index is -0.104. The van der Waals surface area contributed by atoms with Gasteiger partial charge in [0.1, 0.15) is 0 Å². The van der Waals surface area contributed by atoms with E-state index in [2.05, 4.69) is 50.5 Å². The van der Waals surface area contributed by atoms with Gasteiger partial charge in [-0.15, -0.1) is 0 Å². The normalized spacial score (nSPS) is 13.4. The number of rotatable bonds is 10. The van der Waals surface area contributed by atoms with Crippen LogP contribution in [-0.2, 0) is 0 Å². The summed E-state index contributed by atoms with van der Waals surface area (Å²) >= 11 is 0. The molecule has 0 saturated carbocycles. The first-order valence-electron chi connectivity index (χ1n) is 9.21. The molecule has 0 spiro atoms. The fourth-order valence-corrected chi connectivity index (χ4v) is 2.81. The molecule has 0 aliphatic heterocycles. The SMILES string of the molecule is CCCCCC(C)CNC(=O)Nc1cccc(C(C)CCC)c1. The average Bonchev–Trinajstić information content (AvgIpc) is 2.54. The molecule has 1 aromatic rings. The van der Waals surface area contributed by atoms with E-state index in [1.54, 1.807) is 0 Å². The number of hydrogen-bond acceptors (Lipinski definition) is 1. The van der Waals surface area contributed by atoms with Crippen molar-refractivity contribution >= 4 is 11.7 Å². The Morgan fingerprint density at radius 3 is 2.57 bits per heavy atom. The van der Waals surface area contributed by atoms with E-state index in [4.69, 9.17) is 0 Å². The van der Waals surface area contributed by atoms with Gasteiger partial charge in [-0.2, -0.15) is 0 Å². The van der Waals surface area contributed by atoms with Gasteiger partial charge in [-0.05, 0) is 42.4 Å². The van der Waals surface area contributed by atoms with E-state index in [0.29, 0.717) is 11.8 Å². The number of benzene rings is 1. The standard InChI is InChI=1S/C20H34N2O/c1-5-7-8-11-16(3)15-21-20(23)22-19-13-9-12-18(14-19)17(4)10-6-2/h9,12-14,16-17H,5-8,10-11,15H2,1-4H3,(H2,21,22,23). The first kappa shape index (κ1) is 19.5. The van der Waals surface area contributed by atoms with E-state index in [1.165, 1.54) is 44.1 Å². The summed E-state index contributed by atoms with van der Waals surface area (Å²) in [6.45, 7) is 9.59. The Hall–Kier alpha value is -1.51. The summed E-state index contributed by atoms with van der Waals surface area (Å²) in [5, 5.41) is 5.93. The van der Waals surface area contributed by atoms with Crippen molar-refractivity contribution in [2.24, 2.45) is 5.92 Å². The molecular formula is C20H34N2O. The van der Waals surface area contributed by atoms with Crippen molar-refractivity contribution in [3.05, 3.63) is 29.8 Å². The molecule has 0 fully saturated rings. The second kappa shape index (κ2) is 11.1. The minimum absolute atomic E-state index is 0.104. The van der Waals surface area contributed by atoms with E-state index >= 15 is 0 Å². The molecule has 130 valence electrons. The van der Waals surface area contributed by atoms with Gasteiger partial charge in [0, 0.05) is 12.2 Å². The Labute approximate surface area is 142 Å². The van der Waals surface area contributed by atoms with Crippen molar-refractivity contribution < 1.29 is 4.79 Å². The van der Waals surface area contributed by atoms with Crippen molar-refractivity contribution in [3.8, 4) is 0 Å². The van der Waals surface area contributed by atoms with Gasteiger partial charge in [0.25, 0.3) is 0 Å². The molecule has 0 aromatic heterocycles. The maximum Gasteiger partial charge on any atom is 0.319 e. The van der Waals surface area contributed by atoms with Crippen LogP contribution in [0.2, 0.25) is 0 Å². The largest absolute Gasteiger partial charge is 0.338 e. The summed E-state index contributed by atoms with van der Waals surface area (Å²) < 4.78 is 0. The van der Waals surface area contributed by atoms with Crippen LogP contribution < -0.4 is 10.6 Å². The van der Waals surface area contributed by atoms with Crippen molar-refractivity contribution in [1.82, 2.24) is 5.32 Å². The minimum Gasteiger partial charge on any atom is -0.338 e. The molecule has 0 aliphatic carbocycles. The number of hydrogen-bond donors (Lipinski definition) is 2. The average molecular weight is 319 g/mol. The van der Waals surface area contributed by atoms with E-state index in [9.17, 15) is 4.79 Å². The maximum atomic E-state index is 12.0. The van der Waals surface area contributed by atoms with Gasteiger partial charge in [-0.3, -0.25) is 0 Å². The Morgan fingerprint density at radius 2 is 1.87 bits per heavy atom. The first-order chi connectivity index (χ1) is 11.1. The number of urea groups is 1. The molecule has 3 heteroatoms. The third kappa shape index (κ3) is 8.06. The maximum absolute atomic E-state index is 12.0. The molecule has 2 atom stereocenters.